The van der Waals surface area contributed by atoms with Gasteiger partial charge in [-0.05, 0) is 31.0 Å². The van der Waals surface area contributed by atoms with Crippen LogP contribution < -0.4 is 11.1 Å². The van der Waals surface area contributed by atoms with E-state index in [-0.39, 0.29) is 17.3 Å². The molecule has 98 valence electrons. The highest BCUT2D eigenvalue weighted by Gasteiger charge is 2.21. The van der Waals surface area contributed by atoms with E-state index in [1.165, 1.54) is 6.33 Å². The Hall–Kier alpha value is -2.70. The van der Waals surface area contributed by atoms with Crippen molar-refractivity contribution in [2.45, 2.75) is 13.8 Å². The maximum absolute atomic E-state index is 11.0. The highest BCUT2D eigenvalue weighted by Crippen LogP contribution is 2.30. The largest absolute Gasteiger partial charge is 0.378 e. The summed E-state index contributed by atoms with van der Waals surface area (Å²) in [6.07, 6.45) is 1.19. The number of benzene rings is 1. The zero-order valence-electron chi connectivity index (χ0n) is 10.5. The highest BCUT2D eigenvalue weighted by molar-refractivity contribution is 5.73. The summed E-state index contributed by atoms with van der Waals surface area (Å²) in [6.45, 7) is 3.89. The van der Waals surface area contributed by atoms with Gasteiger partial charge in [0.05, 0.1) is 4.92 Å². The van der Waals surface area contributed by atoms with Crippen molar-refractivity contribution in [1.29, 1.82) is 0 Å². The molecule has 3 N–H and O–H groups in total. The lowest BCUT2D eigenvalue weighted by Gasteiger charge is -2.11. The fourth-order valence-electron chi connectivity index (χ4n) is 1.68. The van der Waals surface area contributed by atoms with Gasteiger partial charge in [0.2, 0.25) is 11.6 Å². The third kappa shape index (κ3) is 2.44. The smallest absolute Gasteiger partial charge is 0.353 e. The average Bonchev–Trinajstić information content (AvgIpc) is 2.34. The summed E-state index contributed by atoms with van der Waals surface area (Å²) in [5.74, 6) is -0.0704. The number of rotatable bonds is 3. The molecule has 0 aliphatic rings. The monoisotopic (exact) mass is 259 g/mol. The quantitative estimate of drug-likeness (QED) is 0.647. The maximum atomic E-state index is 11.0. The van der Waals surface area contributed by atoms with Crippen LogP contribution in [0.15, 0.2) is 24.5 Å². The van der Waals surface area contributed by atoms with Gasteiger partial charge in [-0.3, -0.25) is 10.1 Å². The zero-order valence-corrected chi connectivity index (χ0v) is 10.5. The number of nitrogens with zero attached hydrogens (tertiary/aromatic N) is 3. The first kappa shape index (κ1) is 12.7. The number of nitrogens with one attached hydrogen (secondary N) is 1. The molecule has 0 fully saturated rings. The predicted octanol–water partition coefficient (Wildman–Crippen LogP) is 2.33. The van der Waals surface area contributed by atoms with Gasteiger partial charge in [-0.2, -0.15) is 0 Å². The number of aryl methyl sites for hydroxylation is 1. The fourth-order valence-corrected chi connectivity index (χ4v) is 1.68. The number of anilines is 3. The van der Waals surface area contributed by atoms with Crippen molar-refractivity contribution in [3.63, 3.8) is 0 Å². The van der Waals surface area contributed by atoms with Crippen LogP contribution in [0.4, 0.5) is 23.0 Å². The molecule has 0 aliphatic carbocycles. The topological polar surface area (TPSA) is 107 Å². The summed E-state index contributed by atoms with van der Waals surface area (Å²) < 4.78 is 0. The van der Waals surface area contributed by atoms with Crippen LogP contribution in [0.3, 0.4) is 0 Å². The predicted molar refractivity (Wildman–Crippen MR) is 72.3 cm³/mol. The standard InChI is InChI=1S/C12H13N5O2/c1-7-4-3-5-9(8(7)2)16-12-10(17(18)19)11(13)14-6-15-12/h3-6H,1-2H3,(H3,13,14,15,16). The van der Waals surface area contributed by atoms with E-state index < -0.39 is 4.92 Å². The molecule has 0 radical (unpaired) electrons. The van der Waals surface area contributed by atoms with Gasteiger partial charge in [-0.15, -0.1) is 0 Å². The van der Waals surface area contributed by atoms with Crippen LogP contribution in [0.5, 0.6) is 0 Å². The number of hydrogen-bond donors (Lipinski definition) is 2. The van der Waals surface area contributed by atoms with E-state index in [2.05, 4.69) is 15.3 Å². The Morgan fingerprint density at radius 1 is 1.32 bits per heavy atom. The van der Waals surface area contributed by atoms with E-state index in [1.54, 1.807) is 0 Å². The van der Waals surface area contributed by atoms with Crippen molar-refractivity contribution >= 4 is 23.0 Å². The minimum absolute atomic E-state index is 0.0891. The summed E-state index contributed by atoms with van der Waals surface area (Å²) in [7, 11) is 0. The molecule has 2 rings (SSSR count). The molecule has 1 aromatic heterocycles. The first-order valence-corrected chi connectivity index (χ1v) is 5.59. The molecule has 1 aromatic carbocycles. The number of nitrogen functional groups attached to an aromatic ring is 1. The van der Waals surface area contributed by atoms with Crippen molar-refractivity contribution < 1.29 is 4.92 Å². The lowest BCUT2D eigenvalue weighted by atomic mass is 10.1. The van der Waals surface area contributed by atoms with E-state index in [4.69, 9.17) is 5.73 Å². The van der Waals surface area contributed by atoms with Crippen LogP contribution in [0.2, 0.25) is 0 Å². The van der Waals surface area contributed by atoms with Crippen molar-refractivity contribution in [3.8, 4) is 0 Å². The van der Waals surface area contributed by atoms with E-state index in [0.29, 0.717) is 0 Å². The van der Waals surface area contributed by atoms with Crippen LogP contribution >= 0.6 is 0 Å². The molecule has 7 nitrogen and oxygen atoms in total. The Balaban J connectivity index is 2.47. The molecule has 0 spiro atoms. The van der Waals surface area contributed by atoms with E-state index in [1.807, 2.05) is 32.0 Å². The Labute approximate surface area is 109 Å². The second-order valence-electron chi connectivity index (χ2n) is 4.09. The van der Waals surface area contributed by atoms with Gasteiger partial charge in [0.15, 0.2) is 0 Å². The molecule has 0 aliphatic heterocycles. The molecule has 0 bridgehead atoms. The Morgan fingerprint density at radius 2 is 2.05 bits per heavy atom. The first-order valence-electron chi connectivity index (χ1n) is 5.59. The van der Waals surface area contributed by atoms with E-state index in [9.17, 15) is 10.1 Å². The van der Waals surface area contributed by atoms with Crippen molar-refractivity contribution in [3.05, 3.63) is 45.8 Å². The minimum Gasteiger partial charge on any atom is -0.378 e. The van der Waals surface area contributed by atoms with Gasteiger partial charge >= 0.3 is 5.69 Å². The van der Waals surface area contributed by atoms with Gasteiger partial charge in [-0.1, -0.05) is 12.1 Å². The number of aromatic nitrogens is 2. The van der Waals surface area contributed by atoms with Gasteiger partial charge < -0.3 is 11.1 Å². The van der Waals surface area contributed by atoms with Crippen molar-refractivity contribution in [2.24, 2.45) is 0 Å². The normalized spacial score (nSPS) is 10.2. The summed E-state index contributed by atoms with van der Waals surface area (Å²) in [4.78, 5) is 17.9. The Kier molecular flexibility index (Phi) is 3.28. The van der Waals surface area contributed by atoms with Crippen LogP contribution in [-0.4, -0.2) is 14.9 Å². The molecule has 2 aromatic rings. The molecule has 0 atom stereocenters. The SMILES string of the molecule is Cc1cccc(Nc2ncnc(N)c2[N+](=O)[O-])c1C. The van der Waals surface area contributed by atoms with Gasteiger partial charge in [0, 0.05) is 5.69 Å². The molecule has 0 unspecified atom stereocenters. The second kappa shape index (κ2) is 4.89. The Bertz CT molecular complexity index is 642. The first-order chi connectivity index (χ1) is 9.00. The van der Waals surface area contributed by atoms with Crippen molar-refractivity contribution in [2.75, 3.05) is 11.1 Å². The van der Waals surface area contributed by atoms with E-state index >= 15 is 0 Å². The molecule has 0 amide bonds. The van der Waals surface area contributed by atoms with Gasteiger partial charge in [-0.25, -0.2) is 9.97 Å². The molecular formula is C12H13N5O2. The lowest BCUT2D eigenvalue weighted by molar-refractivity contribution is -0.383. The molecule has 1 heterocycles. The van der Waals surface area contributed by atoms with Crippen LogP contribution in [0.1, 0.15) is 11.1 Å². The van der Waals surface area contributed by atoms with Gasteiger partial charge in [0.1, 0.15) is 6.33 Å². The third-order valence-electron chi connectivity index (χ3n) is 2.89. The molecule has 0 saturated carbocycles. The highest BCUT2D eigenvalue weighted by atomic mass is 16.6. The average molecular weight is 259 g/mol. The number of hydrogen-bond acceptors (Lipinski definition) is 6. The lowest BCUT2D eigenvalue weighted by Crippen LogP contribution is -2.05. The third-order valence-corrected chi connectivity index (χ3v) is 2.89. The second-order valence-corrected chi connectivity index (χ2v) is 4.09. The molecule has 19 heavy (non-hydrogen) atoms. The minimum atomic E-state index is -0.594. The Morgan fingerprint density at radius 3 is 2.74 bits per heavy atom. The summed E-state index contributed by atoms with van der Waals surface area (Å²) in [6, 6.07) is 5.65. The van der Waals surface area contributed by atoms with Crippen LogP contribution in [0, 0.1) is 24.0 Å². The number of nitrogens with two attached hydrogens (primary N) is 1. The molecule has 0 saturated heterocycles. The van der Waals surface area contributed by atoms with Crippen LogP contribution in [-0.2, 0) is 0 Å². The van der Waals surface area contributed by atoms with E-state index in [0.717, 1.165) is 16.8 Å². The van der Waals surface area contributed by atoms with Crippen molar-refractivity contribution in [1.82, 2.24) is 9.97 Å². The van der Waals surface area contributed by atoms with Gasteiger partial charge in [0.25, 0.3) is 0 Å². The fraction of sp³-hybridized carbons (Fsp3) is 0.167. The molecular weight excluding hydrogens is 246 g/mol. The number of nitro groups is 1. The summed E-state index contributed by atoms with van der Waals surface area (Å²) in [5.41, 5.74) is 8.02. The maximum Gasteiger partial charge on any atom is 0.353 e. The summed E-state index contributed by atoms with van der Waals surface area (Å²) in [5, 5.41) is 13.9. The molecule has 7 heteroatoms. The zero-order chi connectivity index (χ0) is 14.0. The van der Waals surface area contributed by atoms with Crippen LogP contribution in [0.25, 0.3) is 0 Å². The summed E-state index contributed by atoms with van der Waals surface area (Å²) >= 11 is 0.